The second-order valence-corrected chi connectivity index (χ2v) is 14.9. The summed E-state index contributed by atoms with van der Waals surface area (Å²) in [6.45, 7) is 19.8. The number of phenols is 1. The molecular formula is C37H55N3O7. The third-order valence-corrected chi connectivity index (χ3v) is 7.48. The highest BCUT2D eigenvalue weighted by atomic mass is 16.6. The van der Waals surface area contributed by atoms with Crippen LogP contribution in [0.5, 0.6) is 5.75 Å². The molecule has 0 fully saturated rings. The smallest absolute Gasteiger partial charge is 0.408 e. The Balaban J connectivity index is 2.71. The van der Waals surface area contributed by atoms with E-state index in [0.29, 0.717) is 6.42 Å². The van der Waals surface area contributed by atoms with E-state index in [0.717, 1.165) is 5.56 Å². The van der Waals surface area contributed by atoms with Gasteiger partial charge in [-0.05, 0) is 85.8 Å². The number of aromatic hydroxyl groups is 1. The van der Waals surface area contributed by atoms with Gasteiger partial charge < -0.3 is 30.1 Å². The SMILES string of the molecule is CCC(C)(C)N(C(=O)C(CC(C)C)NC(=O)OC(C)(C)C)C(C(=O)NC(Cc1ccccc1)C(=O)OC(C)(C)C)c1ccccc1O. The summed E-state index contributed by atoms with van der Waals surface area (Å²) in [7, 11) is 0. The molecule has 2 aromatic carbocycles. The van der Waals surface area contributed by atoms with Gasteiger partial charge in [0.25, 0.3) is 0 Å². The number of carbonyl (C=O) groups is 4. The van der Waals surface area contributed by atoms with Crippen LogP contribution < -0.4 is 10.6 Å². The van der Waals surface area contributed by atoms with Crippen LogP contribution >= 0.6 is 0 Å². The minimum absolute atomic E-state index is 0.00898. The number of rotatable bonds is 13. The van der Waals surface area contributed by atoms with E-state index in [9.17, 15) is 24.3 Å². The van der Waals surface area contributed by atoms with Crippen molar-refractivity contribution in [3.8, 4) is 5.75 Å². The number of amides is 3. The Morgan fingerprint density at radius 1 is 0.787 bits per heavy atom. The zero-order valence-electron chi connectivity index (χ0n) is 30.0. The van der Waals surface area contributed by atoms with Crippen LogP contribution in [0.15, 0.2) is 54.6 Å². The maximum absolute atomic E-state index is 14.7. The molecule has 260 valence electrons. The molecular weight excluding hydrogens is 598 g/mol. The first-order valence-electron chi connectivity index (χ1n) is 16.3. The summed E-state index contributed by atoms with van der Waals surface area (Å²) in [6.07, 6.45) is 0.0623. The van der Waals surface area contributed by atoms with E-state index >= 15 is 0 Å². The van der Waals surface area contributed by atoms with Crippen molar-refractivity contribution in [3.05, 3.63) is 65.7 Å². The molecule has 0 aliphatic heterocycles. The number of esters is 1. The maximum atomic E-state index is 14.7. The Morgan fingerprint density at radius 2 is 1.34 bits per heavy atom. The van der Waals surface area contributed by atoms with E-state index in [1.54, 1.807) is 59.7 Å². The van der Waals surface area contributed by atoms with Crippen molar-refractivity contribution < 1.29 is 33.8 Å². The van der Waals surface area contributed by atoms with Gasteiger partial charge in [-0.15, -0.1) is 0 Å². The van der Waals surface area contributed by atoms with E-state index in [1.807, 2.05) is 65.0 Å². The van der Waals surface area contributed by atoms with Crippen molar-refractivity contribution >= 4 is 23.9 Å². The Morgan fingerprint density at radius 3 is 1.85 bits per heavy atom. The predicted molar refractivity (Wildman–Crippen MR) is 183 cm³/mol. The molecule has 0 aromatic heterocycles. The van der Waals surface area contributed by atoms with Gasteiger partial charge in [-0.2, -0.15) is 0 Å². The van der Waals surface area contributed by atoms with Crippen LogP contribution in [0.2, 0.25) is 0 Å². The number of para-hydroxylation sites is 1. The average molecular weight is 654 g/mol. The van der Waals surface area contributed by atoms with Gasteiger partial charge >= 0.3 is 12.1 Å². The van der Waals surface area contributed by atoms with Gasteiger partial charge in [-0.25, -0.2) is 9.59 Å². The minimum atomic E-state index is -1.38. The number of hydrogen-bond acceptors (Lipinski definition) is 7. The van der Waals surface area contributed by atoms with E-state index < -0.39 is 58.7 Å². The fraction of sp³-hybridized carbons (Fsp3) is 0.568. The molecule has 2 aromatic rings. The molecule has 0 saturated carbocycles. The van der Waals surface area contributed by atoms with Crippen LogP contribution in [-0.2, 0) is 30.3 Å². The first-order valence-corrected chi connectivity index (χ1v) is 16.3. The molecule has 3 amide bonds. The van der Waals surface area contributed by atoms with Gasteiger partial charge in [0.1, 0.15) is 35.1 Å². The molecule has 2 rings (SSSR count). The largest absolute Gasteiger partial charge is 0.508 e. The van der Waals surface area contributed by atoms with E-state index in [-0.39, 0.29) is 30.1 Å². The molecule has 3 atom stereocenters. The molecule has 0 heterocycles. The molecule has 0 radical (unpaired) electrons. The Labute approximate surface area is 280 Å². The summed E-state index contributed by atoms with van der Waals surface area (Å²) in [5.74, 6) is -2.06. The monoisotopic (exact) mass is 653 g/mol. The number of phenolic OH excluding ortho intramolecular Hbond substituents is 1. The van der Waals surface area contributed by atoms with Gasteiger partial charge in [0.05, 0.1) is 0 Å². The molecule has 0 spiro atoms. The molecule has 47 heavy (non-hydrogen) atoms. The van der Waals surface area contributed by atoms with Gasteiger partial charge in [0, 0.05) is 17.5 Å². The zero-order chi connectivity index (χ0) is 35.7. The molecule has 0 bridgehead atoms. The van der Waals surface area contributed by atoms with Crippen LogP contribution in [-0.4, -0.2) is 62.7 Å². The van der Waals surface area contributed by atoms with Crippen molar-refractivity contribution in [2.75, 3.05) is 0 Å². The summed E-state index contributed by atoms with van der Waals surface area (Å²) >= 11 is 0. The number of nitrogens with one attached hydrogen (secondary N) is 2. The normalized spacial score (nSPS) is 14.0. The van der Waals surface area contributed by atoms with Crippen LogP contribution in [0.4, 0.5) is 4.79 Å². The molecule has 0 aliphatic carbocycles. The van der Waals surface area contributed by atoms with Crippen LogP contribution in [0.1, 0.15) is 106 Å². The summed E-state index contributed by atoms with van der Waals surface area (Å²) in [5, 5.41) is 16.7. The van der Waals surface area contributed by atoms with E-state index in [2.05, 4.69) is 10.6 Å². The fourth-order valence-electron chi connectivity index (χ4n) is 5.04. The summed E-state index contributed by atoms with van der Waals surface area (Å²) in [4.78, 5) is 57.2. The standard InChI is InChI=1S/C37H55N3O7/c1-12-37(10,11)40(32(43)27(22-24(2)3)39-34(45)47-36(7,8)9)30(26-20-16-17-21-29(26)41)31(42)38-28(33(44)46-35(4,5)6)23-25-18-14-13-15-19-25/h13-21,24,27-28,30,41H,12,22-23H2,1-11H3,(H,38,42)(H,39,45). The molecule has 0 saturated heterocycles. The molecule has 10 heteroatoms. The lowest BCUT2D eigenvalue weighted by molar-refractivity contribution is -0.159. The number of ether oxygens (including phenoxy) is 2. The third kappa shape index (κ3) is 12.2. The van der Waals surface area contributed by atoms with Crippen molar-refractivity contribution in [3.63, 3.8) is 0 Å². The molecule has 0 aliphatic rings. The maximum Gasteiger partial charge on any atom is 0.408 e. The first kappa shape index (κ1) is 39.1. The topological polar surface area (TPSA) is 134 Å². The lowest BCUT2D eigenvalue weighted by atomic mass is 9.90. The molecule has 10 nitrogen and oxygen atoms in total. The third-order valence-electron chi connectivity index (χ3n) is 7.48. The number of alkyl carbamates (subject to hydrolysis) is 1. The first-order chi connectivity index (χ1) is 21.6. The number of nitrogens with zero attached hydrogens (tertiary/aromatic N) is 1. The van der Waals surface area contributed by atoms with Crippen molar-refractivity contribution in [1.29, 1.82) is 0 Å². The van der Waals surface area contributed by atoms with Gasteiger partial charge in [0.15, 0.2) is 0 Å². The fourth-order valence-corrected chi connectivity index (χ4v) is 5.04. The summed E-state index contributed by atoms with van der Waals surface area (Å²) in [6, 6.07) is 12.0. The Kier molecular flexibility index (Phi) is 13.4. The zero-order valence-corrected chi connectivity index (χ0v) is 30.0. The second-order valence-electron chi connectivity index (χ2n) is 14.9. The highest BCUT2D eigenvalue weighted by molar-refractivity contribution is 5.94. The number of benzene rings is 2. The number of hydrogen-bond donors (Lipinski definition) is 3. The quantitative estimate of drug-likeness (QED) is 0.211. The van der Waals surface area contributed by atoms with Gasteiger partial charge in [-0.1, -0.05) is 69.3 Å². The Bertz CT molecular complexity index is 1360. The van der Waals surface area contributed by atoms with Crippen molar-refractivity contribution in [2.45, 2.75) is 130 Å². The van der Waals surface area contributed by atoms with Gasteiger partial charge in [0.2, 0.25) is 11.8 Å². The van der Waals surface area contributed by atoms with Crippen molar-refractivity contribution in [2.24, 2.45) is 5.92 Å². The molecule has 3 unspecified atom stereocenters. The lowest BCUT2D eigenvalue weighted by Gasteiger charge is -2.45. The van der Waals surface area contributed by atoms with Crippen LogP contribution in [0.3, 0.4) is 0 Å². The average Bonchev–Trinajstić information content (AvgIpc) is 2.93. The number of carbonyl (C=O) groups excluding carboxylic acids is 4. The van der Waals surface area contributed by atoms with E-state index in [4.69, 9.17) is 9.47 Å². The van der Waals surface area contributed by atoms with Gasteiger partial charge in [-0.3, -0.25) is 9.59 Å². The lowest BCUT2D eigenvalue weighted by Crippen LogP contribution is -2.60. The van der Waals surface area contributed by atoms with Crippen LogP contribution in [0, 0.1) is 5.92 Å². The van der Waals surface area contributed by atoms with Crippen LogP contribution in [0.25, 0.3) is 0 Å². The summed E-state index contributed by atoms with van der Waals surface area (Å²) < 4.78 is 11.2. The molecule has 3 N–H and O–H groups in total. The Hall–Kier alpha value is -4.08. The minimum Gasteiger partial charge on any atom is -0.508 e. The highest BCUT2D eigenvalue weighted by Gasteiger charge is 2.45. The van der Waals surface area contributed by atoms with E-state index in [1.165, 1.54) is 11.0 Å². The summed E-state index contributed by atoms with van der Waals surface area (Å²) in [5.41, 5.74) is -1.61. The highest BCUT2D eigenvalue weighted by Crippen LogP contribution is 2.36. The second kappa shape index (κ2) is 16.2. The van der Waals surface area contributed by atoms with Crippen molar-refractivity contribution in [1.82, 2.24) is 15.5 Å². The predicted octanol–water partition coefficient (Wildman–Crippen LogP) is 6.46.